The number of para-hydroxylation sites is 1. The fourth-order valence-corrected chi connectivity index (χ4v) is 5.67. The molecule has 0 saturated heterocycles. The molecule has 3 heteroatoms. The van der Waals surface area contributed by atoms with E-state index in [2.05, 4.69) is 32.6 Å². The number of hydrogen-bond donors (Lipinski definition) is 0. The van der Waals surface area contributed by atoms with Crippen LogP contribution in [-0.4, -0.2) is 6.16 Å². The summed E-state index contributed by atoms with van der Waals surface area (Å²) in [4.78, 5) is 0. The molecule has 2 aromatic carbocycles. The molecule has 2 aromatic rings. The summed E-state index contributed by atoms with van der Waals surface area (Å²) in [6, 6.07) is 16.1. The van der Waals surface area contributed by atoms with Crippen molar-refractivity contribution in [1.82, 2.24) is 0 Å². The van der Waals surface area contributed by atoms with Gasteiger partial charge in [-0.3, -0.25) is 4.57 Å². The van der Waals surface area contributed by atoms with Crippen LogP contribution in [0, 0.1) is 0 Å². The summed E-state index contributed by atoms with van der Waals surface area (Å²) in [7, 11) is -2.99. The van der Waals surface area contributed by atoms with Gasteiger partial charge in [-0.25, -0.2) is 0 Å². The molecule has 0 bridgehead atoms. The highest BCUT2D eigenvalue weighted by atomic mass is 31.2. The lowest BCUT2D eigenvalue weighted by atomic mass is 10.1. The van der Waals surface area contributed by atoms with Crippen molar-refractivity contribution in [2.45, 2.75) is 52.4 Å². The van der Waals surface area contributed by atoms with Crippen molar-refractivity contribution in [2.24, 2.45) is 0 Å². The summed E-state index contributed by atoms with van der Waals surface area (Å²) in [5.41, 5.74) is 2.27. The van der Waals surface area contributed by atoms with Crippen LogP contribution < -0.4 is 9.83 Å². The van der Waals surface area contributed by atoms with E-state index in [1.165, 1.54) is 0 Å². The van der Waals surface area contributed by atoms with E-state index in [1.807, 2.05) is 42.5 Å². The number of allylic oxidation sites excluding steroid dienone is 1. The molecule has 0 N–H and O–H groups in total. The van der Waals surface area contributed by atoms with E-state index in [-0.39, 0.29) is 0 Å². The first-order valence-corrected chi connectivity index (χ1v) is 11.5. The predicted octanol–water partition coefficient (Wildman–Crippen LogP) is 6.54. The van der Waals surface area contributed by atoms with Gasteiger partial charge in [0.25, 0.3) is 7.37 Å². The number of hydrogen-bond acceptors (Lipinski definition) is 2. The summed E-state index contributed by atoms with van der Waals surface area (Å²) in [6.07, 6.45) is 8.00. The van der Waals surface area contributed by atoms with Crippen LogP contribution in [0.2, 0.25) is 0 Å². The zero-order valence-corrected chi connectivity index (χ0v) is 17.0. The Labute approximate surface area is 158 Å². The molecule has 2 rings (SSSR count). The molecule has 0 aliphatic carbocycles. The lowest BCUT2D eigenvalue weighted by molar-refractivity contribution is 0.487. The Balaban J connectivity index is 2.43. The van der Waals surface area contributed by atoms with Crippen LogP contribution in [0.4, 0.5) is 0 Å². The molecule has 0 spiro atoms. The zero-order chi connectivity index (χ0) is 18.8. The van der Waals surface area contributed by atoms with E-state index < -0.39 is 7.37 Å². The molecule has 0 heterocycles. The largest absolute Gasteiger partial charge is 0.440 e. The lowest BCUT2D eigenvalue weighted by Gasteiger charge is -2.24. The van der Waals surface area contributed by atoms with Gasteiger partial charge in [0.05, 0.1) is 5.30 Å². The van der Waals surface area contributed by atoms with Gasteiger partial charge in [-0.1, -0.05) is 69.2 Å². The smallest absolute Gasteiger partial charge is 0.277 e. The molecule has 2 nitrogen and oxygen atoms in total. The van der Waals surface area contributed by atoms with Crippen LogP contribution in [0.15, 0.2) is 61.2 Å². The minimum Gasteiger partial charge on any atom is -0.440 e. The Kier molecular flexibility index (Phi) is 8.19. The van der Waals surface area contributed by atoms with Crippen molar-refractivity contribution in [3.8, 4) is 5.75 Å². The topological polar surface area (TPSA) is 26.3 Å². The quantitative estimate of drug-likeness (QED) is 0.255. The third kappa shape index (κ3) is 5.35. The molecule has 0 fully saturated rings. The summed E-state index contributed by atoms with van der Waals surface area (Å²) in [5, 5.41) is 0.886. The second-order valence-electron chi connectivity index (χ2n) is 6.66. The first-order chi connectivity index (χ1) is 12.6. The average molecular weight is 370 g/mol. The van der Waals surface area contributed by atoms with Crippen LogP contribution in [0.3, 0.4) is 0 Å². The Hall–Kier alpha value is -1.79. The Morgan fingerprint density at radius 3 is 2.27 bits per heavy atom. The predicted molar refractivity (Wildman–Crippen MR) is 113 cm³/mol. The summed E-state index contributed by atoms with van der Waals surface area (Å²) >= 11 is 0. The summed E-state index contributed by atoms with van der Waals surface area (Å²) in [5.74, 6) is 0.766. The first-order valence-electron chi connectivity index (χ1n) is 9.70. The fourth-order valence-electron chi connectivity index (χ4n) is 3.21. The summed E-state index contributed by atoms with van der Waals surface area (Å²) in [6.45, 7) is 8.09. The van der Waals surface area contributed by atoms with Gasteiger partial charge in [0.2, 0.25) is 0 Å². The van der Waals surface area contributed by atoms with Gasteiger partial charge in [-0.05, 0) is 48.9 Å². The standard InChI is InChI=1S/C23H31O2P/c1-4-7-12-19-26(24,23-18-11-9-16-21(23)14-6-3)25-22-17-10-8-15-20(22)13-5-2/h4,8-11,15-18H,1,5-7,12-14,19H2,2-3H3. The van der Waals surface area contributed by atoms with Crippen LogP contribution in [-0.2, 0) is 17.4 Å². The van der Waals surface area contributed by atoms with Crippen molar-refractivity contribution >= 4 is 12.7 Å². The Bertz CT molecular complexity index is 751. The van der Waals surface area contributed by atoms with E-state index >= 15 is 0 Å². The minimum absolute atomic E-state index is 0.542. The molecule has 0 aliphatic rings. The molecule has 0 aliphatic heterocycles. The average Bonchev–Trinajstić information content (AvgIpc) is 2.64. The fraction of sp³-hybridized carbons (Fsp3) is 0.391. The number of rotatable bonds is 11. The van der Waals surface area contributed by atoms with E-state index in [9.17, 15) is 4.57 Å². The van der Waals surface area contributed by atoms with Gasteiger partial charge in [0.15, 0.2) is 0 Å². The summed E-state index contributed by atoms with van der Waals surface area (Å²) < 4.78 is 20.4. The van der Waals surface area contributed by atoms with Crippen molar-refractivity contribution in [3.05, 3.63) is 72.3 Å². The Morgan fingerprint density at radius 1 is 0.962 bits per heavy atom. The second kappa shape index (κ2) is 10.4. The maximum atomic E-state index is 14.1. The van der Waals surface area contributed by atoms with Gasteiger partial charge >= 0.3 is 0 Å². The van der Waals surface area contributed by atoms with E-state index in [0.717, 1.165) is 60.7 Å². The van der Waals surface area contributed by atoms with Gasteiger partial charge in [0, 0.05) is 6.16 Å². The molecule has 0 aromatic heterocycles. The first kappa shape index (κ1) is 20.5. The lowest BCUT2D eigenvalue weighted by Crippen LogP contribution is -2.18. The van der Waals surface area contributed by atoms with Crippen LogP contribution in [0.5, 0.6) is 5.75 Å². The van der Waals surface area contributed by atoms with Crippen molar-refractivity contribution < 1.29 is 9.09 Å². The SMILES string of the molecule is C=CCCCP(=O)(Oc1ccccc1CCC)c1ccccc1CCC. The number of aryl methyl sites for hydroxylation is 2. The second-order valence-corrected chi connectivity index (χ2v) is 9.11. The van der Waals surface area contributed by atoms with E-state index in [0.29, 0.717) is 6.16 Å². The van der Waals surface area contributed by atoms with Crippen LogP contribution in [0.25, 0.3) is 0 Å². The van der Waals surface area contributed by atoms with Crippen molar-refractivity contribution in [1.29, 1.82) is 0 Å². The minimum atomic E-state index is -2.99. The van der Waals surface area contributed by atoms with Crippen molar-refractivity contribution in [3.63, 3.8) is 0 Å². The molecule has 0 radical (unpaired) electrons. The molecular weight excluding hydrogens is 339 g/mol. The molecule has 1 unspecified atom stereocenters. The Morgan fingerprint density at radius 2 is 1.58 bits per heavy atom. The maximum absolute atomic E-state index is 14.1. The highest BCUT2D eigenvalue weighted by Gasteiger charge is 2.30. The van der Waals surface area contributed by atoms with Gasteiger partial charge in [-0.15, -0.1) is 6.58 Å². The van der Waals surface area contributed by atoms with Crippen molar-refractivity contribution in [2.75, 3.05) is 6.16 Å². The molecule has 1 atom stereocenters. The third-order valence-electron chi connectivity index (χ3n) is 4.48. The molecular formula is C23H31O2P. The van der Waals surface area contributed by atoms with Crippen LogP contribution in [0.1, 0.15) is 50.7 Å². The van der Waals surface area contributed by atoms with E-state index in [1.54, 1.807) is 0 Å². The van der Waals surface area contributed by atoms with Gasteiger partial charge in [-0.2, -0.15) is 0 Å². The molecule has 140 valence electrons. The van der Waals surface area contributed by atoms with Gasteiger partial charge < -0.3 is 4.52 Å². The van der Waals surface area contributed by atoms with Gasteiger partial charge in [0.1, 0.15) is 5.75 Å². The number of benzene rings is 2. The molecule has 26 heavy (non-hydrogen) atoms. The normalized spacial score (nSPS) is 13.2. The third-order valence-corrected chi connectivity index (χ3v) is 7.04. The monoisotopic (exact) mass is 370 g/mol. The maximum Gasteiger partial charge on any atom is 0.277 e. The number of unbranched alkanes of at least 4 members (excludes halogenated alkanes) is 1. The highest BCUT2D eigenvalue weighted by molar-refractivity contribution is 7.67. The van der Waals surface area contributed by atoms with E-state index in [4.69, 9.17) is 4.52 Å². The highest BCUT2D eigenvalue weighted by Crippen LogP contribution is 2.48. The molecule has 0 saturated carbocycles. The van der Waals surface area contributed by atoms with Crippen LogP contribution >= 0.6 is 7.37 Å². The molecule has 0 amide bonds. The zero-order valence-electron chi connectivity index (χ0n) is 16.1.